The lowest BCUT2D eigenvalue weighted by Crippen LogP contribution is -2.19. The number of carbonyl (C=O) groups is 2. The van der Waals surface area contributed by atoms with E-state index in [4.69, 9.17) is 0 Å². The first-order valence-corrected chi connectivity index (χ1v) is 6.99. The van der Waals surface area contributed by atoms with Crippen LogP contribution in [0.15, 0.2) is 40.1 Å². The third-order valence-corrected chi connectivity index (χ3v) is 3.79. The molecule has 2 rings (SSSR count). The van der Waals surface area contributed by atoms with Crippen LogP contribution in [0.2, 0.25) is 0 Å². The fourth-order valence-electron chi connectivity index (χ4n) is 2.23. The molecule has 0 radical (unpaired) electrons. The average molecular weight is 323 g/mol. The summed E-state index contributed by atoms with van der Waals surface area (Å²) in [5.41, 5.74) is 0.834. The first-order valence-electron chi connectivity index (χ1n) is 6.20. The molecule has 1 atom stereocenters. The van der Waals surface area contributed by atoms with Crippen molar-refractivity contribution in [3.05, 3.63) is 45.6 Å². The Morgan fingerprint density at radius 1 is 1.32 bits per heavy atom. The summed E-state index contributed by atoms with van der Waals surface area (Å²) in [5, 5.41) is 9.85. The quantitative estimate of drug-likeness (QED) is 0.860. The van der Waals surface area contributed by atoms with Gasteiger partial charge in [0.05, 0.1) is 5.76 Å². The van der Waals surface area contributed by atoms with Gasteiger partial charge < -0.3 is 5.11 Å². The van der Waals surface area contributed by atoms with E-state index in [2.05, 4.69) is 15.9 Å². The highest BCUT2D eigenvalue weighted by Crippen LogP contribution is 2.28. The maximum Gasteiger partial charge on any atom is 0.167 e. The number of Topliss-reactive ketones (excluding diaryl/α,β-unsaturated/α-hetero) is 2. The topological polar surface area (TPSA) is 54.4 Å². The van der Waals surface area contributed by atoms with Crippen molar-refractivity contribution in [1.82, 2.24) is 0 Å². The Morgan fingerprint density at radius 3 is 2.53 bits per heavy atom. The van der Waals surface area contributed by atoms with Gasteiger partial charge in [0.2, 0.25) is 0 Å². The van der Waals surface area contributed by atoms with E-state index in [-0.39, 0.29) is 35.2 Å². The number of benzene rings is 1. The molecule has 19 heavy (non-hydrogen) atoms. The van der Waals surface area contributed by atoms with Gasteiger partial charge in [-0.15, -0.1) is 0 Å². The molecule has 0 spiro atoms. The molecule has 1 aromatic rings. The van der Waals surface area contributed by atoms with E-state index in [1.54, 1.807) is 24.3 Å². The minimum atomic E-state index is -0.142. The third kappa shape index (κ3) is 3.32. The second-order valence-electron chi connectivity index (χ2n) is 4.97. The molecular formula is C15H15BrO3. The maximum atomic E-state index is 12.1. The smallest absolute Gasteiger partial charge is 0.167 e. The lowest BCUT2D eigenvalue weighted by molar-refractivity contribution is -0.117. The molecular weight excluding hydrogens is 308 g/mol. The molecule has 0 saturated carbocycles. The molecule has 0 saturated heterocycles. The Bertz CT molecular complexity index is 543. The van der Waals surface area contributed by atoms with Crippen LogP contribution in [0.1, 0.15) is 36.5 Å². The first kappa shape index (κ1) is 14.0. The molecule has 3 nitrogen and oxygen atoms in total. The van der Waals surface area contributed by atoms with Gasteiger partial charge in [-0.25, -0.2) is 0 Å². The largest absolute Gasteiger partial charge is 0.512 e. The predicted octanol–water partition coefficient (Wildman–Crippen LogP) is 3.83. The lowest BCUT2D eigenvalue weighted by Gasteiger charge is -2.19. The number of aliphatic hydroxyl groups excluding tert-OH is 1. The summed E-state index contributed by atoms with van der Waals surface area (Å²) in [7, 11) is 0. The number of ketones is 2. The third-order valence-electron chi connectivity index (χ3n) is 3.26. The Balaban J connectivity index is 2.17. The van der Waals surface area contributed by atoms with Gasteiger partial charge in [0.1, 0.15) is 0 Å². The number of hydrogen-bond donors (Lipinski definition) is 1. The molecule has 4 heteroatoms. The van der Waals surface area contributed by atoms with Crippen LogP contribution in [0.3, 0.4) is 0 Å². The molecule has 0 bridgehead atoms. The highest BCUT2D eigenvalue weighted by Gasteiger charge is 2.26. The first-order chi connectivity index (χ1) is 8.97. The van der Waals surface area contributed by atoms with Crippen LogP contribution in [0.25, 0.3) is 0 Å². The average Bonchev–Trinajstić information content (AvgIpc) is 2.34. The number of hydrogen-bond acceptors (Lipinski definition) is 3. The number of rotatable bonds is 3. The summed E-state index contributed by atoms with van der Waals surface area (Å²) < 4.78 is 0.897. The monoisotopic (exact) mass is 322 g/mol. The van der Waals surface area contributed by atoms with Crippen molar-refractivity contribution in [1.29, 1.82) is 0 Å². The van der Waals surface area contributed by atoms with E-state index >= 15 is 0 Å². The van der Waals surface area contributed by atoms with Crippen molar-refractivity contribution in [3.63, 3.8) is 0 Å². The molecule has 1 aromatic carbocycles. The van der Waals surface area contributed by atoms with Crippen molar-refractivity contribution in [2.45, 2.75) is 26.2 Å². The second kappa shape index (κ2) is 5.70. The van der Waals surface area contributed by atoms with Crippen molar-refractivity contribution < 1.29 is 14.7 Å². The second-order valence-corrected chi connectivity index (χ2v) is 5.88. The van der Waals surface area contributed by atoms with Crippen LogP contribution in [0, 0.1) is 5.92 Å². The Labute approximate surface area is 120 Å². The predicted molar refractivity (Wildman–Crippen MR) is 76.1 cm³/mol. The number of carbonyl (C=O) groups excluding carboxylic acids is 2. The van der Waals surface area contributed by atoms with Gasteiger partial charge >= 0.3 is 0 Å². The van der Waals surface area contributed by atoms with Crippen LogP contribution in [-0.4, -0.2) is 16.7 Å². The Kier molecular flexibility index (Phi) is 4.20. The minimum Gasteiger partial charge on any atom is -0.512 e. The molecule has 0 fully saturated rings. The number of allylic oxidation sites excluding steroid dienone is 2. The van der Waals surface area contributed by atoms with Gasteiger partial charge in [0.25, 0.3) is 0 Å². The zero-order valence-electron chi connectivity index (χ0n) is 10.6. The molecule has 0 heterocycles. The van der Waals surface area contributed by atoms with Crippen LogP contribution in [0.4, 0.5) is 0 Å². The van der Waals surface area contributed by atoms with Gasteiger partial charge in [-0.05, 0) is 18.1 Å². The van der Waals surface area contributed by atoms with Gasteiger partial charge in [-0.1, -0.05) is 35.0 Å². The maximum absolute atomic E-state index is 12.1. The van der Waals surface area contributed by atoms with Gasteiger partial charge in [0.15, 0.2) is 11.6 Å². The highest BCUT2D eigenvalue weighted by atomic mass is 79.9. The van der Waals surface area contributed by atoms with Gasteiger partial charge in [-0.2, -0.15) is 0 Å². The molecule has 1 unspecified atom stereocenters. The van der Waals surface area contributed by atoms with Gasteiger partial charge in [-0.3, -0.25) is 9.59 Å². The van der Waals surface area contributed by atoms with E-state index in [9.17, 15) is 14.7 Å². The fourth-order valence-corrected chi connectivity index (χ4v) is 2.49. The number of halogens is 1. The Hall–Kier alpha value is -1.42. The summed E-state index contributed by atoms with van der Waals surface area (Å²) >= 11 is 3.30. The van der Waals surface area contributed by atoms with Crippen LogP contribution in [-0.2, 0) is 4.79 Å². The molecule has 0 aromatic heterocycles. The minimum absolute atomic E-state index is 0.0149. The molecule has 0 aliphatic heterocycles. The van der Waals surface area contributed by atoms with Crippen molar-refractivity contribution >= 4 is 27.5 Å². The van der Waals surface area contributed by atoms with Gasteiger partial charge in [0, 0.05) is 34.9 Å². The van der Waals surface area contributed by atoms with E-state index in [1.165, 1.54) is 0 Å². The Morgan fingerprint density at radius 2 is 1.95 bits per heavy atom. The standard InChI is InChI=1S/C15H15BrO3/c1-9-6-14(18)12(15(19)7-9)8-13(17)10-2-4-11(16)5-3-10/h2-5,9,18H,6-8H2,1H3. The summed E-state index contributed by atoms with van der Waals surface area (Å²) in [4.78, 5) is 23.9. The molecule has 0 amide bonds. The van der Waals surface area contributed by atoms with E-state index in [1.807, 2.05) is 6.92 Å². The highest BCUT2D eigenvalue weighted by molar-refractivity contribution is 9.10. The normalized spacial score (nSPS) is 19.7. The van der Waals surface area contributed by atoms with Crippen LogP contribution >= 0.6 is 15.9 Å². The zero-order chi connectivity index (χ0) is 14.0. The van der Waals surface area contributed by atoms with Crippen LogP contribution in [0.5, 0.6) is 0 Å². The summed E-state index contributed by atoms with van der Waals surface area (Å²) in [5.74, 6) is -0.0214. The zero-order valence-corrected chi connectivity index (χ0v) is 12.2. The summed E-state index contributed by atoms with van der Waals surface area (Å²) in [6, 6.07) is 6.98. The molecule has 1 aliphatic carbocycles. The SMILES string of the molecule is CC1CC(=O)C(CC(=O)c2ccc(Br)cc2)=C(O)C1. The summed E-state index contributed by atoms with van der Waals surface area (Å²) in [6.45, 7) is 1.92. The van der Waals surface area contributed by atoms with Crippen LogP contribution < -0.4 is 0 Å². The fraction of sp³-hybridized carbons (Fsp3) is 0.333. The lowest BCUT2D eigenvalue weighted by atomic mass is 9.85. The number of aliphatic hydroxyl groups is 1. The van der Waals surface area contributed by atoms with Crippen molar-refractivity contribution in [2.75, 3.05) is 0 Å². The van der Waals surface area contributed by atoms with E-state index in [0.29, 0.717) is 18.4 Å². The summed E-state index contributed by atoms with van der Waals surface area (Å²) in [6.07, 6.45) is 0.876. The van der Waals surface area contributed by atoms with Crippen molar-refractivity contribution in [2.24, 2.45) is 5.92 Å². The molecule has 100 valence electrons. The van der Waals surface area contributed by atoms with Crippen molar-refractivity contribution in [3.8, 4) is 0 Å². The van der Waals surface area contributed by atoms with E-state index in [0.717, 1.165) is 4.47 Å². The molecule has 1 N–H and O–H groups in total. The van der Waals surface area contributed by atoms with E-state index < -0.39 is 0 Å². The molecule has 1 aliphatic rings.